The number of rotatable bonds is 3. The van der Waals surface area contributed by atoms with Crippen LogP contribution in [0.4, 0.5) is 0 Å². The van der Waals surface area contributed by atoms with Crippen LogP contribution in [0, 0.1) is 0 Å². The van der Waals surface area contributed by atoms with Crippen LogP contribution < -0.4 is 15.2 Å². The molecule has 0 radical (unpaired) electrons. The number of nitrogens with one attached hydrogen (secondary N) is 1. The third kappa shape index (κ3) is 1.53. The molecule has 0 saturated carbocycles. The average Bonchev–Trinajstić information content (AvgIpc) is 2.68. The zero-order chi connectivity index (χ0) is 10.8. The lowest BCUT2D eigenvalue weighted by Crippen LogP contribution is -1.95. The molecule has 0 aliphatic carbocycles. The fourth-order valence-corrected chi connectivity index (χ4v) is 1.68. The zero-order valence-electron chi connectivity index (χ0n) is 8.83. The van der Waals surface area contributed by atoms with E-state index in [2.05, 4.69) is 4.98 Å². The first kappa shape index (κ1) is 9.86. The third-order valence-electron chi connectivity index (χ3n) is 2.49. The molecular formula is C11H14N2O2. The fraction of sp³-hybridized carbons (Fsp3) is 0.273. The molecule has 0 fully saturated rings. The van der Waals surface area contributed by atoms with Gasteiger partial charge >= 0.3 is 0 Å². The molecule has 0 atom stereocenters. The van der Waals surface area contributed by atoms with Crippen LogP contribution in [-0.4, -0.2) is 19.2 Å². The largest absolute Gasteiger partial charge is 0.493 e. The summed E-state index contributed by atoms with van der Waals surface area (Å²) in [5, 5.41) is 1.08. The Balaban J connectivity index is 2.66. The summed E-state index contributed by atoms with van der Waals surface area (Å²) >= 11 is 0. The van der Waals surface area contributed by atoms with E-state index in [0.717, 1.165) is 28.0 Å². The van der Waals surface area contributed by atoms with E-state index in [9.17, 15) is 0 Å². The van der Waals surface area contributed by atoms with Gasteiger partial charge in [-0.1, -0.05) is 0 Å². The van der Waals surface area contributed by atoms with Crippen molar-refractivity contribution >= 4 is 10.9 Å². The van der Waals surface area contributed by atoms with Crippen LogP contribution in [0.5, 0.6) is 11.5 Å². The van der Waals surface area contributed by atoms with E-state index >= 15 is 0 Å². The average molecular weight is 206 g/mol. The number of hydrogen-bond acceptors (Lipinski definition) is 3. The van der Waals surface area contributed by atoms with Gasteiger partial charge in [-0.3, -0.25) is 0 Å². The Morgan fingerprint density at radius 3 is 2.47 bits per heavy atom. The number of aromatic nitrogens is 1. The van der Waals surface area contributed by atoms with Crippen molar-refractivity contribution in [2.24, 2.45) is 5.73 Å². The van der Waals surface area contributed by atoms with Gasteiger partial charge in [0.05, 0.1) is 14.2 Å². The van der Waals surface area contributed by atoms with E-state index in [-0.39, 0.29) is 0 Å². The highest BCUT2D eigenvalue weighted by molar-refractivity contribution is 5.86. The lowest BCUT2D eigenvalue weighted by molar-refractivity contribution is 0.356. The van der Waals surface area contributed by atoms with Crippen molar-refractivity contribution in [1.29, 1.82) is 0 Å². The minimum atomic E-state index is 0.509. The molecule has 0 bridgehead atoms. The quantitative estimate of drug-likeness (QED) is 0.802. The van der Waals surface area contributed by atoms with Gasteiger partial charge in [-0.25, -0.2) is 0 Å². The zero-order valence-corrected chi connectivity index (χ0v) is 8.83. The first-order valence-corrected chi connectivity index (χ1v) is 4.72. The van der Waals surface area contributed by atoms with Gasteiger partial charge in [-0.05, 0) is 11.6 Å². The number of methoxy groups -OCH3 is 2. The Morgan fingerprint density at radius 1 is 1.20 bits per heavy atom. The van der Waals surface area contributed by atoms with Crippen LogP contribution >= 0.6 is 0 Å². The van der Waals surface area contributed by atoms with Gasteiger partial charge in [-0.15, -0.1) is 0 Å². The van der Waals surface area contributed by atoms with Gasteiger partial charge in [-0.2, -0.15) is 0 Å². The van der Waals surface area contributed by atoms with Crippen LogP contribution in [0.15, 0.2) is 18.3 Å². The smallest absolute Gasteiger partial charge is 0.162 e. The molecule has 1 aromatic heterocycles. The van der Waals surface area contributed by atoms with Crippen molar-refractivity contribution in [3.63, 3.8) is 0 Å². The van der Waals surface area contributed by atoms with Gasteiger partial charge < -0.3 is 20.2 Å². The molecule has 0 amide bonds. The minimum absolute atomic E-state index is 0.509. The number of H-pyrrole nitrogens is 1. The van der Waals surface area contributed by atoms with Gasteiger partial charge in [0, 0.05) is 29.7 Å². The van der Waals surface area contributed by atoms with E-state index in [4.69, 9.17) is 15.2 Å². The first-order valence-electron chi connectivity index (χ1n) is 4.72. The first-order chi connectivity index (χ1) is 7.30. The van der Waals surface area contributed by atoms with Crippen LogP contribution in [0.1, 0.15) is 5.56 Å². The van der Waals surface area contributed by atoms with Crippen molar-refractivity contribution in [2.75, 3.05) is 14.2 Å². The Kier molecular flexibility index (Phi) is 2.51. The predicted molar refractivity (Wildman–Crippen MR) is 59.3 cm³/mol. The molecule has 80 valence electrons. The molecule has 15 heavy (non-hydrogen) atoms. The van der Waals surface area contributed by atoms with Crippen LogP contribution in [0.3, 0.4) is 0 Å². The van der Waals surface area contributed by atoms with Crippen molar-refractivity contribution in [3.05, 3.63) is 23.9 Å². The fourth-order valence-electron chi connectivity index (χ4n) is 1.68. The van der Waals surface area contributed by atoms with Crippen molar-refractivity contribution in [3.8, 4) is 11.5 Å². The molecule has 0 unspecified atom stereocenters. The lowest BCUT2D eigenvalue weighted by Gasteiger charge is -2.07. The Hall–Kier alpha value is -1.68. The summed E-state index contributed by atoms with van der Waals surface area (Å²) in [5.74, 6) is 1.44. The SMILES string of the molecule is COc1cc2[nH]cc(CN)c2cc1OC. The summed E-state index contributed by atoms with van der Waals surface area (Å²) in [7, 11) is 3.24. The maximum Gasteiger partial charge on any atom is 0.162 e. The van der Waals surface area contributed by atoms with Crippen LogP contribution in [-0.2, 0) is 6.54 Å². The number of ether oxygens (including phenoxy) is 2. The van der Waals surface area contributed by atoms with Crippen molar-refractivity contribution in [1.82, 2.24) is 4.98 Å². The summed E-state index contributed by atoms with van der Waals surface area (Å²) < 4.78 is 10.4. The lowest BCUT2D eigenvalue weighted by atomic mass is 10.1. The predicted octanol–water partition coefficient (Wildman–Crippen LogP) is 1.64. The molecule has 0 spiro atoms. The molecule has 1 heterocycles. The molecule has 0 saturated heterocycles. The maximum absolute atomic E-state index is 5.63. The second kappa shape index (κ2) is 3.82. The molecule has 4 heteroatoms. The Morgan fingerprint density at radius 2 is 1.87 bits per heavy atom. The van der Waals surface area contributed by atoms with Crippen molar-refractivity contribution < 1.29 is 9.47 Å². The molecule has 0 aliphatic heterocycles. The normalized spacial score (nSPS) is 10.6. The highest BCUT2D eigenvalue weighted by Crippen LogP contribution is 2.33. The van der Waals surface area contributed by atoms with E-state index < -0.39 is 0 Å². The number of benzene rings is 1. The number of aromatic amines is 1. The van der Waals surface area contributed by atoms with E-state index in [1.54, 1.807) is 14.2 Å². The standard InChI is InChI=1S/C11H14N2O2/c1-14-10-3-8-7(5-12)6-13-9(8)4-11(10)15-2/h3-4,6,13H,5,12H2,1-2H3. The summed E-state index contributed by atoms with van der Waals surface area (Å²) in [5.41, 5.74) is 7.71. The molecule has 0 aliphatic rings. The molecular weight excluding hydrogens is 192 g/mol. The highest BCUT2D eigenvalue weighted by Gasteiger charge is 2.09. The number of nitrogens with two attached hydrogens (primary N) is 1. The summed E-state index contributed by atoms with van der Waals surface area (Å²) in [6.45, 7) is 0.509. The van der Waals surface area contributed by atoms with Gasteiger partial charge in [0.1, 0.15) is 0 Å². The van der Waals surface area contributed by atoms with Gasteiger partial charge in [0.15, 0.2) is 11.5 Å². The van der Waals surface area contributed by atoms with E-state index in [1.807, 2.05) is 18.3 Å². The van der Waals surface area contributed by atoms with Crippen LogP contribution in [0.2, 0.25) is 0 Å². The Bertz CT molecular complexity index is 477. The number of fused-ring (bicyclic) bond motifs is 1. The maximum atomic E-state index is 5.63. The third-order valence-corrected chi connectivity index (χ3v) is 2.49. The summed E-state index contributed by atoms with van der Waals surface area (Å²) in [4.78, 5) is 3.15. The Labute approximate surface area is 88.0 Å². The minimum Gasteiger partial charge on any atom is -0.493 e. The van der Waals surface area contributed by atoms with E-state index in [1.165, 1.54) is 0 Å². The monoisotopic (exact) mass is 206 g/mol. The highest BCUT2D eigenvalue weighted by atomic mass is 16.5. The second-order valence-corrected chi connectivity index (χ2v) is 3.27. The number of hydrogen-bond donors (Lipinski definition) is 2. The molecule has 3 N–H and O–H groups in total. The molecule has 1 aromatic carbocycles. The van der Waals surface area contributed by atoms with Crippen molar-refractivity contribution in [2.45, 2.75) is 6.54 Å². The van der Waals surface area contributed by atoms with Gasteiger partial charge in [0.25, 0.3) is 0 Å². The van der Waals surface area contributed by atoms with Crippen LogP contribution in [0.25, 0.3) is 10.9 Å². The topological polar surface area (TPSA) is 60.3 Å². The molecule has 2 rings (SSSR count). The summed E-state index contributed by atoms with van der Waals surface area (Å²) in [6, 6.07) is 3.85. The second-order valence-electron chi connectivity index (χ2n) is 3.27. The van der Waals surface area contributed by atoms with E-state index in [0.29, 0.717) is 6.54 Å². The molecule has 4 nitrogen and oxygen atoms in total. The molecule has 2 aromatic rings. The summed E-state index contributed by atoms with van der Waals surface area (Å²) in [6.07, 6.45) is 1.91. The van der Waals surface area contributed by atoms with Gasteiger partial charge in [0.2, 0.25) is 0 Å².